The van der Waals surface area contributed by atoms with Gasteiger partial charge in [0.05, 0.1) is 30.5 Å². The minimum atomic E-state index is -0.474. The Morgan fingerprint density at radius 3 is 2.81 bits per heavy atom. The number of fused-ring (bicyclic) bond motifs is 1. The van der Waals surface area contributed by atoms with E-state index in [0.717, 1.165) is 6.42 Å². The van der Waals surface area contributed by atoms with Crippen molar-refractivity contribution in [1.82, 2.24) is 0 Å². The minimum absolute atomic E-state index is 0.00209. The molecular formula is C14H15NO6. The van der Waals surface area contributed by atoms with Crippen molar-refractivity contribution in [2.75, 3.05) is 13.2 Å². The lowest BCUT2D eigenvalue weighted by atomic mass is 10.0. The van der Waals surface area contributed by atoms with Crippen LogP contribution in [0.4, 0.5) is 5.69 Å². The molecule has 0 aliphatic carbocycles. The van der Waals surface area contributed by atoms with Crippen molar-refractivity contribution in [3.05, 3.63) is 39.9 Å². The molecule has 3 atom stereocenters. The van der Waals surface area contributed by atoms with Crippen LogP contribution in [0.2, 0.25) is 0 Å². The first-order chi connectivity index (χ1) is 10.1. The van der Waals surface area contributed by atoms with E-state index in [2.05, 4.69) is 0 Å². The second kappa shape index (κ2) is 5.79. The fourth-order valence-corrected chi connectivity index (χ4v) is 2.66. The number of benzene rings is 1. The molecule has 2 aliphatic heterocycles. The highest BCUT2D eigenvalue weighted by Crippen LogP contribution is 2.33. The lowest BCUT2D eigenvalue weighted by molar-refractivity contribution is -0.384. The molecule has 112 valence electrons. The molecule has 2 fully saturated rings. The van der Waals surface area contributed by atoms with Gasteiger partial charge in [0.25, 0.3) is 5.69 Å². The third-order valence-corrected chi connectivity index (χ3v) is 3.76. The fourth-order valence-electron chi connectivity index (χ4n) is 2.66. The highest BCUT2D eigenvalue weighted by Gasteiger charge is 2.43. The van der Waals surface area contributed by atoms with Gasteiger partial charge in [-0.3, -0.25) is 14.9 Å². The lowest BCUT2D eigenvalue weighted by Crippen LogP contribution is -2.27. The second-order valence-corrected chi connectivity index (χ2v) is 5.15. The van der Waals surface area contributed by atoms with Crippen molar-refractivity contribution in [3.63, 3.8) is 0 Å². The van der Waals surface area contributed by atoms with E-state index in [1.54, 1.807) is 12.1 Å². The van der Waals surface area contributed by atoms with Crippen molar-refractivity contribution >= 4 is 11.7 Å². The number of hydrogen-bond acceptors (Lipinski definition) is 6. The smallest absolute Gasteiger partial charge is 0.310 e. The van der Waals surface area contributed by atoms with Gasteiger partial charge in [0.15, 0.2) is 6.29 Å². The summed E-state index contributed by atoms with van der Waals surface area (Å²) in [5, 5.41) is 10.6. The fraction of sp³-hybridized carbons (Fsp3) is 0.500. The number of carbonyl (C=O) groups excluding carboxylic acids is 1. The molecule has 0 aromatic heterocycles. The number of nitro benzene ring substituents is 1. The van der Waals surface area contributed by atoms with Gasteiger partial charge in [0.2, 0.25) is 0 Å². The van der Waals surface area contributed by atoms with Gasteiger partial charge >= 0.3 is 5.97 Å². The summed E-state index contributed by atoms with van der Waals surface area (Å²) in [6.07, 6.45) is 0.414. The molecule has 21 heavy (non-hydrogen) atoms. The molecule has 0 amide bonds. The Balaban J connectivity index is 1.55. The molecule has 0 saturated carbocycles. The first-order valence-corrected chi connectivity index (χ1v) is 6.79. The van der Waals surface area contributed by atoms with E-state index in [9.17, 15) is 14.9 Å². The van der Waals surface area contributed by atoms with Gasteiger partial charge < -0.3 is 14.2 Å². The number of esters is 1. The maximum absolute atomic E-state index is 11.9. The molecule has 0 radical (unpaired) electrons. The first-order valence-electron chi connectivity index (χ1n) is 6.79. The van der Waals surface area contributed by atoms with E-state index in [4.69, 9.17) is 14.2 Å². The zero-order valence-corrected chi connectivity index (χ0v) is 11.3. The SMILES string of the molecule is O=C(Cc1ccc([N+](=O)[O-])cc1)O[C@H]1CO[C@H]2OCC[C@H]21. The summed E-state index contributed by atoms with van der Waals surface area (Å²) < 4.78 is 16.2. The highest BCUT2D eigenvalue weighted by atomic mass is 16.7. The largest absolute Gasteiger partial charge is 0.459 e. The number of ether oxygens (including phenoxy) is 3. The Morgan fingerprint density at radius 2 is 2.10 bits per heavy atom. The average molecular weight is 293 g/mol. The molecule has 2 aliphatic rings. The molecule has 0 unspecified atom stereocenters. The van der Waals surface area contributed by atoms with Crippen LogP contribution >= 0.6 is 0 Å². The van der Waals surface area contributed by atoms with Crippen LogP contribution in [-0.4, -0.2) is 36.5 Å². The van der Waals surface area contributed by atoms with Crippen LogP contribution in [0, 0.1) is 16.0 Å². The van der Waals surface area contributed by atoms with Gasteiger partial charge in [0.1, 0.15) is 6.10 Å². The Morgan fingerprint density at radius 1 is 1.33 bits per heavy atom. The van der Waals surface area contributed by atoms with Gasteiger partial charge in [-0.05, 0) is 12.0 Å². The summed E-state index contributed by atoms with van der Waals surface area (Å²) in [4.78, 5) is 22.0. The van der Waals surface area contributed by atoms with Gasteiger partial charge in [-0.1, -0.05) is 12.1 Å². The molecule has 7 nitrogen and oxygen atoms in total. The number of carbonyl (C=O) groups is 1. The summed E-state index contributed by atoms with van der Waals surface area (Å²) >= 11 is 0. The third kappa shape index (κ3) is 3.03. The molecular weight excluding hydrogens is 278 g/mol. The summed E-state index contributed by atoms with van der Waals surface area (Å²) in [5.74, 6) is -0.240. The highest BCUT2D eigenvalue weighted by molar-refractivity contribution is 5.73. The minimum Gasteiger partial charge on any atom is -0.459 e. The predicted octanol–water partition coefficient (Wildman–Crippen LogP) is 1.44. The summed E-state index contributed by atoms with van der Waals surface area (Å²) in [7, 11) is 0. The van der Waals surface area contributed by atoms with Crippen molar-refractivity contribution in [3.8, 4) is 0 Å². The Kier molecular flexibility index (Phi) is 3.85. The summed E-state index contributed by atoms with van der Waals surface area (Å²) in [5.41, 5.74) is 0.686. The maximum atomic E-state index is 11.9. The quantitative estimate of drug-likeness (QED) is 0.474. The number of non-ortho nitro benzene ring substituents is 1. The number of hydrogen-bond donors (Lipinski definition) is 0. The summed E-state index contributed by atoms with van der Waals surface area (Å²) in [6.45, 7) is 0.993. The van der Waals surface area contributed by atoms with Gasteiger partial charge in [-0.15, -0.1) is 0 Å². The van der Waals surface area contributed by atoms with Gasteiger partial charge in [-0.2, -0.15) is 0 Å². The van der Waals surface area contributed by atoms with E-state index >= 15 is 0 Å². The van der Waals surface area contributed by atoms with Crippen molar-refractivity contribution in [1.29, 1.82) is 0 Å². The zero-order chi connectivity index (χ0) is 14.8. The van der Waals surface area contributed by atoms with Gasteiger partial charge in [-0.25, -0.2) is 0 Å². The van der Waals surface area contributed by atoms with Crippen LogP contribution in [0.3, 0.4) is 0 Å². The van der Waals surface area contributed by atoms with E-state index in [0.29, 0.717) is 18.8 Å². The van der Waals surface area contributed by atoms with Crippen LogP contribution in [-0.2, 0) is 25.4 Å². The Bertz CT molecular complexity index is 543. The van der Waals surface area contributed by atoms with Crippen LogP contribution in [0.1, 0.15) is 12.0 Å². The predicted molar refractivity (Wildman–Crippen MR) is 70.5 cm³/mol. The molecule has 1 aromatic rings. The Labute approximate surface area is 120 Å². The zero-order valence-electron chi connectivity index (χ0n) is 11.3. The molecule has 0 N–H and O–H groups in total. The molecule has 0 spiro atoms. The number of nitrogens with zero attached hydrogens (tertiary/aromatic N) is 1. The monoisotopic (exact) mass is 293 g/mol. The molecule has 0 bridgehead atoms. The van der Waals surface area contributed by atoms with Crippen LogP contribution in [0.5, 0.6) is 0 Å². The van der Waals surface area contributed by atoms with Crippen molar-refractivity contribution in [2.24, 2.45) is 5.92 Å². The molecule has 7 heteroatoms. The normalized spacial score (nSPS) is 27.3. The topological polar surface area (TPSA) is 87.9 Å². The molecule has 2 saturated heterocycles. The summed E-state index contributed by atoms with van der Waals surface area (Å²) in [6, 6.07) is 5.88. The molecule has 2 heterocycles. The van der Waals surface area contributed by atoms with E-state index in [-0.39, 0.29) is 36.4 Å². The number of rotatable bonds is 4. The lowest BCUT2D eigenvalue weighted by Gasteiger charge is -2.15. The van der Waals surface area contributed by atoms with Crippen LogP contribution in [0.15, 0.2) is 24.3 Å². The van der Waals surface area contributed by atoms with Crippen LogP contribution < -0.4 is 0 Å². The van der Waals surface area contributed by atoms with Crippen molar-refractivity contribution in [2.45, 2.75) is 25.2 Å². The molecule has 3 rings (SSSR count). The average Bonchev–Trinajstić information content (AvgIpc) is 3.04. The standard InChI is InChI=1S/C14H15NO6/c16-13(7-9-1-3-10(4-2-9)15(17)18)21-12-8-20-14-11(12)5-6-19-14/h1-4,11-12,14H,5-8H2/t11-,12-,14+/m0/s1. The third-order valence-electron chi connectivity index (χ3n) is 3.76. The maximum Gasteiger partial charge on any atom is 0.310 e. The second-order valence-electron chi connectivity index (χ2n) is 5.15. The molecule has 1 aromatic carbocycles. The van der Waals surface area contributed by atoms with E-state index < -0.39 is 4.92 Å². The first kappa shape index (κ1) is 14.0. The van der Waals surface area contributed by atoms with Crippen LogP contribution in [0.25, 0.3) is 0 Å². The van der Waals surface area contributed by atoms with E-state index in [1.165, 1.54) is 12.1 Å². The van der Waals surface area contributed by atoms with E-state index in [1.807, 2.05) is 0 Å². The van der Waals surface area contributed by atoms with Gasteiger partial charge in [0, 0.05) is 12.1 Å². The number of nitro groups is 1. The Hall–Kier alpha value is -1.99. The van der Waals surface area contributed by atoms with Crippen molar-refractivity contribution < 1.29 is 23.9 Å².